The summed E-state index contributed by atoms with van der Waals surface area (Å²) in [5, 5.41) is 10.9. The first-order valence-corrected chi connectivity index (χ1v) is 8.98. The van der Waals surface area contributed by atoms with Crippen molar-refractivity contribution in [1.29, 1.82) is 0 Å². The minimum Gasteiger partial charge on any atom is -0.493 e. The van der Waals surface area contributed by atoms with Crippen LogP contribution in [-0.2, 0) is 11.2 Å². The second-order valence-corrected chi connectivity index (χ2v) is 6.07. The number of halogens is 1. The van der Waals surface area contributed by atoms with Crippen molar-refractivity contribution in [2.24, 2.45) is 0 Å². The summed E-state index contributed by atoms with van der Waals surface area (Å²) in [5.74, 6) is 1.68. The van der Waals surface area contributed by atoms with Crippen LogP contribution >= 0.6 is 11.6 Å². The van der Waals surface area contributed by atoms with Gasteiger partial charge in [0.05, 0.1) is 30.3 Å². The van der Waals surface area contributed by atoms with Crippen LogP contribution in [0.25, 0.3) is 0 Å². The van der Waals surface area contributed by atoms with Crippen molar-refractivity contribution in [2.45, 2.75) is 6.42 Å². The Morgan fingerprint density at radius 1 is 1.04 bits per heavy atom. The number of nitro benzene ring substituents is 1. The van der Waals surface area contributed by atoms with Crippen LogP contribution in [0.5, 0.6) is 17.2 Å². The van der Waals surface area contributed by atoms with E-state index in [1.54, 1.807) is 7.11 Å². The third kappa shape index (κ3) is 6.44. The molecule has 0 aliphatic rings. The SMILES string of the molecule is C=CCc1ccc(OCCOCCOc2ccc([N+](=O)[O-])cc2Cl)c(OC)c1. The molecule has 0 saturated heterocycles. The lowest BCUT2D eigenvalue weighted by atomic mass is 10.1. The van der Waals surface area contributed by atoms with Crippen LogP contribution in [0, 0.1) is 10.1 Å². The molecule has 2 rings (SSSR count). The number of hydrogen-bond acceptors (Lipinski definition) is 6. The van der Waals surface area contributed by atoms with E-state index in [0.717, 1.165) is 12.0 Å². The first kappa shape index (κ1) is 21.5. The van der Waals surface area contributed by atoms with Crippen LogP contribution in [0.3, 0.4) is 0 Å². The molecule has 150 valence electrons. The molecule has 0 atom stereocenters. The maximum absolute atomic E-state index is 10.7. The highest BCUT2D eigenvalue weighted by Gasteiger charge is 2.10. The van der Waals surface area contributed by atoms with Crippen LogP contribution < -0.4 is 14.2 Å². The average molecular weight is 408 g/mol. The molecule has 2 aromatic rings. The Balaban J connectivity index is 1.68. The molecule has 0 amide bonds. The Hall–Kier alpha value is -2.77. The van der Waals surface area contributed by atoms with Crippen LogP contribution in [-0.4, -0.2) is 38.5 Å². The number of nitrogens with zero attached hydrogens (tertiary/aromatic N) is 1. The molecular weight excluding hydrogens is 386 g/mol. The van der Waals surface area contributed by atoms with E-state index in [1.807, 2.05) is 24.3 Å². The van der Waals surface area contributed by atoms with Gasteiger partial charge in [0.15, 0.2) is 11.5 Å². The molecule has 0 unspecified atom stereocenters. The summed E-state index contributed by atoms with van der Waals surface area (Å²) in [7, 11) is 1.59. The predicted octanol–water partition coefficient (Wildman–Crippen LogP) is 4.46. The van der Waals surface area contributed by atoms with Gasteiger partial charge in [0.2, 0.25) is 0 Å². The van der Waals surface area contributed by atoms with Crippen LogP contribution in [0.4, 0.5) is 5.69 Å². The molecule has 2 aromatic carbocycles. The van der Waals surface area contributed by atoms with Gasteiger partial charge >= 0.3 is 0 Å². The van der Waals surface area contributed by atoms with Gasteiger partial charge in [0.25, 0.3) is 5.69 Å². The highest BCUT2D eigenvalue weighted by Crippen LogP contribution is 2.29. The van der Waals surface area contributed by atoms with E-state index in [-0.39, 0.29) is 17.3 Å². The third-order valence-electron chi connectivity index (χ3n) is 3.70. The van der Waals surface area contributed by atoms with E-state index >= 15 is 0 Å². The second-order valence-electron chi connectivity index (χ2n) is 5.66. The number of hydrogen-bond donors (Lipinski definition) is 0. The zero-order chi connectivity index (χ0) is 20.4. The van der Waals surface area contributed by atoms with E-state index in [4.69, 9.17) is 30.5 Å². The molecule has 0 aromatic heterocycles. The number of allylic oxidation sites excluding steroid dienone is 1. The van der Waals surface area contributed by atoms with Gasteiger partial charge in [-0.05, 0) is 30.2 Å². The van der Waals surface area contributed by atoms with Gasteiger partial charge in [-0.15, -0.1) is 6.58 Å². The Morgan fingerprint density at radius 3 is 2.32 bits per heavy atom. The quantitative estimate of drug-likeness (QED) is 0.224. The Morgan fingerprint density at radius 2 is 1.71 bits per heavy atom. The fourth-order valence-electron chi connectivity index (χ4n) is 2.37. The van der Waals surface area contributed by atoms with Crippen molar-refractivity contribution in [3.63, 3.8) is 0 Å². The summed E-state index contributed by atoms with van der Waals surface area (Å²) in [4.78, 5) is 10.2. The Bertz CT molecular complexity index is 811. The first-order chi connectivity index (χ1) is 13.5. The fraction of sp³-hybridized carbons (Fsp3) is 0.300. The van der Waals surface area contributed by atoms with E-state index in [2.05, 4.69) is 6.58 Å². The zero-order valence-corrected chi connectivity index (χ0v) is 16.3. The highest BCUT2D eigenvalue weighted by atomic mass is 35.5. The van der Waals surface area contributed by atoms with Crippen molar-refractivity contribution in [1.82, 2.24) is 0 Å². The molecule has 0 N–H and O–H groups in total. The second kappa shape index (κ2) is 11.2. The van der Waals surface area contributed by atoms with Gasteiger partial charge in [0, 0.05) is 12.1 Å². The van der Waals surface area contributed by atoms with Crippen LogP contribution in [0.15, 0.2) is 49.1 Å². The maximum atomic E-state index is 10.7. The summed E-state index contributed by atoms with van der Waals surface area (Å²) in [6.07, 6.45) is 2.59. The van der Waals surface area contributed by atoms with Crippen LogP contribution in [0.2, 0.25) is 5.02 Å². The molecule has 0 spiro atoms. The zero-order valence-electron chi connectivity index (χ0n) is 15.6. The number of rotatable bonds is 12. The normalized spacial score (nSPS) is 10.4. The number of non-ortho nitro benzene ring substituents is 1. The lowest BCUT2D eigenvalue weighted by Gasteiger charge is -2.12. The molecule has 28 heavy (non-hydrogen) atoms. The molecule has 0 radical (unpaired) electrons. The number of ether oxygens (including phenoxy) is 4. The van der Waals surface area contributed by atoms with E-state index in [1.165, 1.54) is 18.2 Å². The number of nitro groups is 1. The molecule has 7 nitrogen and oxygen atoms in total. The van der Waals surface area contributed by atoms with Gasteiger partial charge in [-0.2, -0.15) is 0 Å². The topological polar surface area (TPSA) is 80.1 Å². The predicted molar refractivity (Wildman–Crippen MR) is 107 cm³/mol. The fourth-order valence-corrected chi connectivity index (χ4v) is 2.60. The highest BCUT2D eigenvalue weighted by molar-refractivity contribution is 6.32. The molecule has 0 fully saturated rings. The largest absolute Gasteiger partial charge is 0.493 e. The molecule has 0 saturated carbocycles. The van der Waals surface area contributed by atoms with Gasteiger partial charge < -0.3 is 18.9 Å². The van der Waals surface area contributed by atoms with Crippen LogP contribution in [0.1, 0.15) is 5.56 Å². The average Bonchev–Trinajstić information content (AvgIpc) is 2.69. The van der Waals surface area contributed by atoms with Gasteiger partial charge in [-0.3, -0.25) is 10.1 Å². The summed E-state index contributed by atoms with van der Waals surface area (Å²) in [5.41, 5.74) is 1.01. The summed E-state index contributed by atoms with van der Waals surface area (Å²) < 4.78 is 21.9. The summed E-state index contributed by atoms with van der Waals surface area (Å²) >= 11 is 5.96. The lowest BCUT2D eigenvalue weighted by Crippen LogP contribution is -2.12. The minimum absolute atomic E-state index is 0.0845. The van der Waals surface area contributed by atoms with Crippen molar-refractivity contribution < 1.29 is 23.9 Å². The molecule has 8 heteroatoms. The number of benzene rings is 2. The van der Waals surface area contributed by atoms with Gasteiger partial charge in [0.1, 0.15) is 19.0 Å². The standard InChI is InChI=1S/C20H22ClNO6/c1-3-4-15-5-7-19(20(13-15)25-2)28-12-10-26-9-11-27-18-8-6-16(22(23)24)14-17(18)21/h3,5-8,13-14H,1,4,9-12H2,2H3. The van der Waals surface area contributed by atoms with E-state index < -0.39 is 4.92 Å². The number of methoxy groups -OCH3 is 1. The van der Waals surface area contributed by atoms with Crippen molar-refractivity contribution in [3.05, 3.63) is 69.8 Å². The minimum atomic E-state index is -0.513. The van der Waals surface area contributed by atoms with Crippen molar-refractivity contribution >= 4 is 17.3 Å². The lowest BCUT2D eigenvalue weighted by molar-refractivity contribution is -0.384. The van der Waals surface area contributed by atoms with Gasteiger partial charge in [-0.1, -0.05) is 23.7 Å². The first-order valence-electron chi connectivity index (χ1n) is 8.60. The molecule has 0 aliphatic heterocycles. The molecule has 0 heterocycles. The third-order valence-corrected chi connectivity index (χ3v) is 4.00. The van der Waals surface area contributed by atoms with E-state index in [0.29, 0.717) is 37.1 Å². The Labute approximate surface area is 168 Å². The van der Waals surface area contributed by atoms with Crippen molar-refractivity contribution in [3.8, 4) is 17.2 Å². The summed E-state index contributed by atoms with van der Waals surface area (Å²) in [6, 6.07) is 9.79. The summed E-state index contributed by atoms with van der Waals surface area (Å²) in [6.45, 7) is 5.03. The van der Waals surface area contributed by atoms with Crippen molar-refractivity contribution in [2.75, 3.05) is 33.5 Å². The Kier molecular flexibility index (Phi) is 8.58. The smallest absolute Gasteiger partial charge is 0.271 e. The molecular formula is C20H22ClNO6. The molecule has 0 bridgehead atoms. The monoisotopic (exact) mass is 407 g/mol. The molecule has 0 aliphatic carbocycles. The maximum Gasteiger partial charge on any atom is 0.271 e. The van der Waals surface area contributed by atoms with Gasteiger partial charge in [-0.25, -0.2) is 0 Å². The van der Waals surface area contributed by atoms with E-state index in [9.17, 15) is 10.1 Å².